The number of hydrogen-bond acceptors (Lipinski definition) is 2. The van der Waals surface area contributed by atoms with Gasteiger partial charge in [-0.3, -0.25) is 0 Å². The Morgan fingerprint density at radius 2 is 1.62 bits per heavy atom. The molecule has 0 aromatic heterocycles. The van der Waals surface area contributed by atoms with Gasteiger partial charge in [-0.1, -0.05) is 26.0 Å². The molecule has 0 fully saturated rings. The third-order valence-electron chi connectivity index (χ3n) is 2.67. The fourth-order valence-electron chi connectivity index (χ4n) is 1.85. The highest BCUT2D eigenvalue weighted by atomic mass is 35.5. The first-order chi connectivity index (χ1) is 6.91. The highest BCUT2D eigenvalue weighted by Crippen LogP contribution is 2.27. The first kappa shape index (κ1) is 15.3. The highest BCUT2D eigenvalue weighted by molar-refractivity contribution is 5.85. The number of phenolic OH excluding ortho intramolecular Hbond substituents is 1. The van der Waals surface area contributed by atoms with Crippen molar-refractivity contribution in [1.29, 1.82) is 0 Å². The minimum Gasteiger partial charge on any atom is -0.507 e. The van der Waals surface area contributed by atoms with E-state index >= 15 is 0 Å². The summed E-state index contributed by atoms with van der Waals surface area (Å²) < 4.78 is 0. The number of phenols is 1. The molecule has 0 heterocycles. The summed E-state index contributed by atoms with van der Waals surface area (Å²) >= 11 is 0. The van der Waals surface area contributed by atoms with Gasteiger partial charge in [-0.25, -0.2) is 0 Å². The molecule has 0 aliphatic heterocycles. The van der Waals surface area contributed by atoms with Gasteiger partial charge in [-0.2, -0.15) is 0 Å². The van der Waals surface area contributed by atoms with Gasteiger partial charge in [0.25, 0.3) is 0 Å². The Bertz CT molecular complexity index is 327. The van der Waals surface area contributed by atoms with Crippen molar-refractivity contribution in [3.8, 4) is 5.75 Å². The van der Waals surface area contributed by atoms with Crippen LogP contribution in [0.25, 0.3) is 0 Å². The molecule has 3 N–H and O–H groups in total. The van der Waals surface area contributed by atoms with Crippen molar-refractivity contribution in [2.45, 2.75) is 40.2 Å². The Kier molecular flexibility index (Phi) is 5.84. The van der Waals surface area contributed by atoms with Gasteiger partial charge in [-0.15, -0.1) is 12.4 Å². The molecular weight excluding hydrogens is 222 g/mol. The van der Waals surface area contributed by atoms with E-state index < -0.39 is 0 Å². The third kappa shape index (κ3) is 3.69. The molecule has 1 aromatic carbocycles. The maximum atomic E-state index is 9.65. The van der Waals surface area contributed by atoms with Crippen LogP contribution in [0.1, 0.15) is 43.0 Å². The Morgan fingerprint density at radius 1 is 1.19 bits per heavy atom. The van der Waals surface area contributed by atoms with Crippen LogP contribution in [0.4, 0.5) is 0 Å². The Hall–Kier alpha value is -0.730. The zero-order valence-electron chi connectivity index (χ0n) is 10.4. The van der Waals surface area contributed by atoms with Crippen LogP contribution < -0.4 is 5.73 Å². The number of rotatable bonds is 3. The molecule has 0 spiro atoms. The van der Waals surface area contributed by atoms with Crippen molar-refractivity contribution in [2.24, 2.45) is 11.7 Å². The van der Waals surface area contributed by atoms with Crippen molar-refractivity contribution in [2.75, 3.05) is 0 Å². The molecule has 1 atom stereocenters. The minimum absolute atomic E-state index is 0. The second kappa shape index (κ2) is 6.12. The van der Waals surface area contributed by atoms with E-state index in [1.54, 1.807) is 0 Å². The van der Waals surface area contributed by atoms with E-state index in [1.807, 2.05) is 26.0 Å². The van der Waals surface area contributed by atoms with E-state index in [9.17, 15) is 5.11 Å². The van der Waals surface area contributed by atoms with Gasteiger partial charge in [-0.05, 0) is 42.9 Å². The highest BCUT2D eigenvalue weighted by Gasteiger charge is 2.11. The summed E-state index contributed by atoms with van der Waals surface area (Å²) in [6.45, 7) is 8.15. The summed E-state index contributed by atoms with van der Waals surface area (Å²) in [6, 6.07) is 4.04. The lowest BCUT2D eigenvalue weighted by molar-refractivity contribution is 0.465. The monoisotopic (exact) mass is 243 g/mol. The van der Waals surface area contributed by atoms with Crippen LogP contribution in [0.5, 0.6) is 5.75 Å². The molecule has 16 heavy (non-hydrogen) atoms. The second-order valence-electron chi connectivity index (χ2n) is 4.74. The van der Waals surface area contributed by atoms with Crippen LogP contribution in [0, 0.1) is 19.8 Å². The summed E-state index contributed by atoms with van der Waals surface area (Å²) in [5, 5.41) is 9.65. The van der Waals surface area contributed by atoms with E-state index in [0.29, 0.717) is 11.7 Å². The van der Waals surface area contributed by atoms with Crippen LogP contribution in [0.2, 0.25) is 0 Å². The lowest BCUT2D eigenvalue weighted by Gasteiger charge is -2.16. The summed E-state index contributed by atoms with van der Waals surface area (Å²) in [7, 11) is 0. The smallest absolute Gasteiger partial charge is 0.121 e. The molecule has 0 amide bonds. The lowest BCUT2D eigenvalue weighted by Crippen LogP contribution is -2.13. The summed E-state index contributed by atoms with van der Waals surface area (Å²) in [5.74, 6) is 0.977. The predicted molar refractivity (Wildman–Crippen MR) is 71.2 cm³/mol. The van der Waals surface area contributed by atoms with E-state index in [-0.39, 0.29) is 18.4 Å². The molecule has 0 aliphatic rings. The molecule has 0 radical (unpaired) electrons. The topological polar surface area (TPSA) is 46.2 Å². The third-order valence-corrected chi connectivity index (χ3v) is 2.67. The van der Waals surface area contributed by atoms with E-state index in [2.05, 4.69) is 13.8 Å². The standard InChI is InChI=1S/C13H21NO.ClH/c1-8(2)5-12(14)11-6-9(3)13(15)10(4)7-11;/h6-8,12,15H,5,14H2,1-4H3;1H/t12-;/m1./s1. The minimum atomic E-state index is 0. The van der Waals surface area contributed by atoms with Gasteiger partial charge in [0, 0.05) is 6.04 Å². The number of aryl methyl sites for hydroxylation is 2. The van der Waals surface area contributed by atoms with Crippen molar-refractivity contribution < 1.29 is 5.11 Å². The van der Waals surface area contributed by atoms with Gasteiger partial charge in [0.05, 0.1) is 0 Å². The summed E-state index contributed by atoms with van der Waals surface area (Å²) in [5.41, 5.74) is 9.04. The van der Waals surface area contributed by atoms with Crippen molar-refractivity contribution >= 4 is 12.4 Å². The summed E-state index contributed by atoms with van der Waals surface area (Å²) in [6.07, 6.45) is 0.976. The first-order valence-corrected chi connectivity index (χ1v) is 5.47. The molecule has 0 saturated carbocycles. The lowest BCUT2D eigenvalue weighted by atomic mass is 9.95. The van der Waals surface area contributed by atoms with E-state index in [4.69, 9.17) is 5.73 Å². The van der Waals surface area contributed by atoms with Gasteiger partial charge in [0.15, 0.2) is 0 Å². The largest absolute Gasteiger partial charge is 0.507 e. The molecule has 0 bridgehead atoms. The van der Waals surface area contributed by atoms with E-state index in [1.165, 1.54) is 0 Å². The van der Waals surface area contributed by atoms with Gasteiger partial charge in [0.1, 0.15) is 5.75 Å². The van der Waals surface area contributed by atoms with Crippen LogP contribution in [0.3, 0.4) is 0 Å². The normalized spacial score (nSPS) is 12.4. The number of nitrogens with two attached hydrogens (primary N) is 1. The number of benzene rings is 1. The Morgan fingerprint density at radius 3 is 2.00 bits per heavy atom. The molecule has 2 nitrogen and oxygen atoms in total. The molecule has 0 aliphatic carbocycles. The van der Waals surface area contributed by atoms with E-state index in [0.717, 1.165) is 23.1 Å². The van der Waals surface area contributed by atoms with Gasteiger partial charge in [0.2, 0.25) is 0 Å². The van der Waals surface area contributed by atoms with Crippen LogP contribution in [-0.4, -0.2) is 5.11 Å². The predicted octanol–water partition coefficient (Wildman–Crippen LogP) is 3.48. The molecule has 0 saturated heterocycles. The molecule has 0 unspecified atom stereocenters. The molecule has 1 aromatic rings. The molecular formula is C13H22ClNO. The number of aromatic hydroxyl groups is 1. The molecule has 92 valence electrons. The summed E-state index contributed by atoms with van der Waals surface area (Å²) in [4.78, 5) is 0. The number of hydrogen-bond donors (Lipinski definition) is 2. The van der Waals surface area contributed by atoms with Crippen LogP contribution >= 0.6 is 12.4 Å². The SMILES string of the molecule is Cc1cc([C@H](N)CC(C)C)cc(C)c1O.Cl. The van der Waals surface area contributed by atoms with Crippen molar-refractivity contribution in [3.05, 3.63) is 28.8 Å². The average molecular weight is 244 g/mol. The average Bonchev–Trinajstić information content (AvgIpc) is 2.12. The van der Waals surface area contributed by atoms with Crippen LogP contribution in [-0.2, 0) is 0 Å². The number of halogens is 1. The van der Waals surface area contributed by atoms with Gasteiger partial charge >= 0.3 is 0 Å². The zero-order valence-corrected chi connectivity index (χ0v) is 11.3. The maximum absolute atomic E-state index is 9.65. The van der Waals surface area contributed by atoms with Gasteiger partial charge < -0.3 is 10.8 Å². The quantitative estimate of drug-likeness (QED) is 0.854. The Labute approximate surface area is 104 Å². The van der Waals surface area contributed by atoms with Crippen molar-refractivity contribution in [1.82, 2.24) is 0 Å². The van der Waals surface area contributed by atoms with Crippen molar-refractivity contribution in [3.63, 3.8) is 0 Å². The molecule has 1 rings (SSSR count). The first-order valence-electron chi connectivity index (χ1n) is 5.47. The molecule has 3 heteroatoms. The Balaban J connectivity index is 0.00000225. The van der Waals surface area contributed by atoms with Crippen LogP contribution in [0.15, 0.2) is 12.1 Å². The second-order valence-corrected chi connectivity index (χ2v) is 4.74. The fraction of sp³-hybridized carbons (Fsp3) is 0.538. The zero-order chi connectivity index (χ0) is 11.6. The fourth-order valence-corrected chi connectivity index (χ4v) is 1.85. The maximum Gasteiger partial charge on any atom is 0.121 e.